The van der Waals surface area contributed by atoms with Crippen molar-refractivity contribution in [2.45, 2.75) is 45.1 Å². The number of nitrogens with zero attached hydrogens (tertiary/aromatic N) is 1. The summed E-state index contributed by atoms with van der Waals surface area (Å²) in [7, 11) is 0. The first-order chi connectivity index (χ1) is 7.50. The van der Waals surface area contributed by atoms with E-state index in [0.717, 1.165) is 24.8 Å². The fourth-order valence-electron chi connectivity index (χ4n) is 1.42. The van der Waals surface area contributed by atoms with Crippen LogP contribution in [0.25, 0.3) is 0 Å². The minimum atomic E-state index is -0.0458. The number of pyridine rings is 1. The highest BCUT2D eigenvalue weighted by Crippen LogP contribution is 2.30. The monoisotopic (exact) mass is 219 g/mol. The van der Waals surface area contributed by atoms with E-state index in [4.69, 9.17) is 4.74 Å². The molecule has 0 unspecified atom stereocenters. The molecule has 2 rings (SSSR count). The molecule has 1 aliphatic rings. The normalized spacial score (nSPS) is 15.9. The van der Waals surface area contributed by atoms with Crippen molar-refractivity contribution in [2.24, 2.45) is 0 Å². The van der Waals surface area contributed by atoms with Gasteiger partial charge in [0.1, 0.15) is 5.75 Å². The van der Waals surface area contributed by atoms with Crippen LogP contribution in [0, 0.1) is 0 Å². The van der Waals surface area contributed by atoms with Crippen LogP contribution < -0.4 is 4.74 Å². The van der Waals surface area contributed by atoms with Gasteiger partial charge < -0.3 is 4.74 Å². The Kier molecular flexibility index (Phi) is 2.70. The van der Waals surface area contributed by atoms with Gasteiger partial charge in [-0.1, -0.05) is 20.8 Å². The number of carbonyl (C=O) groups is 1. The van der Waals surface area contributed by atoms with Crippen LogP contribution in [0.1, 0.15) is 49.7 Å². The summed E-state index contributed by atoms with van der Waals surface area (Å²) in [4.78, 5) is 15.4. The summed E-state index contributed by atoms with van der Waals surface area (Å²) >= 11 is 0. The summed E-state index contributed by atoms with van der Waals surface area (Å²) in [5.41, 5.74) is 1.47. The van der Waals surface area contributed by atoms with Gasteiger partial charge in [-0.15, -0.1) is 0 Å². The predicted molar refractivity (Wildman–Crippen MR) is 62.0 cm³/mol. The lowest BCUT2D eigenvalue weighted by Gasteiger charge is -2.18. The Bertz CT molecular complexity index is 403. The zero-order valence-electron chi connectivity index (χ0n) is 9.99. The molecule has 0 N–H and O–H groups in total. The Morgan fingerprint density at radius 2 is 2.12 bits per heavy atom. The zero-order chi connectivity index (χ0) is 11.8. The molecule has 3 heteroatoms. The van der Waals surface area contributed by atoms with Gasteiger partial charge in [-0.05, 0) is 18.9 Å². The molecule has 0 amide bonds. The predicted octanol–water partition coefficient (Wildman–Crippen LogP) is 2.73. The van der Waals surface area contributed by atoms with Gasteiger partial charge in [0.25, 0.3) is 0 Å². The molecule has 1 aromatic rings. The first kappa shape index (κ1) is 11.1. The van der Waals surface area contributed by atoms with Crippen LogP contribution >= 0.6 is 0 Å². The average molecular weight is 219 g/mol. The smallest absolute Gasteiger partial charge is 0.153 e. The van der Waals surface area contributed by atoms with Crippen LogP contribution in [0.4, 0.5) is 0 Å². The molecular formula is C13H17NO2. The van der Waals surface area contributed by atoms with Crippen molar-refractivity contribution < 1.29 is 9.53 Å². The van der Waals surface area contributed by atoms with E-state index in [1.165, 1.54) is 0 Å². The Hall–Kier alpha value is -1.38. The average Bonchev–Trinajstić information content (AvgIpc) is 3.00. The van der Waals surface area contributed by atoms with Crippen molar-refractivity contribution in [3.05, 3.63) is 23.5 Å². The third kappa shape index (κ3) is 2.40. The minimum Gasteiger partial charge on any atom is -0.488 e. The van der Waals surface area contributed by atoms with Gasteiger partial charge in [0.2, 0.25) is 0 Å². The minimum absolute atomic E-state index is 0.0458. The zero-order valence-corrected chi connectivity index (χ0v) is 9.99. The fraction of sp³-hybridized carbons (Fsp3) is 0.538. The van der Waals surface area contributed by atoms with Crippen molar-refractivity contribution in [3.8, 4) is 5.75 Å². The van der Waals surface area contributed by atoms with Crippen LogP contribution in [0.15, 0.2) is 12.3 Å². The van der Waals surface area contributed by atoms with E-state index in [2.05, 4.69) is 25.8 Å². The second-order valence-electron chi connectivity index (χ2n) is 5.29. The second kappa shape index (κ2) is 3.89. The highest BCUT2D eigenvalue weighted by atomic mass is 16.5. The molecule has 3 nitrogen and oxygen atoms in total. The molecule has 86 valence electrons. The number of aromatic nitrogens is 1. The van der Waals surface area contributed by atoms with Gasteiger partial charge >= 0.3 is 0 Å². The molecule has 1 aromatic heterocycles. The van der Waals surface area contributed by atoms with Crippen LogP contribution in [0.5, 0.6) is 5.75 Å². The van der Waals surface area contributed by atoms with E-state index in [1.54, 1.807) is 6.20 Å². The SMILES string of the molecule is CC(C)(C)c1cc(C=O)c(OC2CC2)cn1. The molecular weight excluding hydrogens is 202 g/mol. The summed E-state index contributed by atoms with van der Waals surface area (Å²) in [6.45, 7) is 6.22. The number of rotatable bonds is 3. The maximum absolute atomic E-state index is 11.0. The molecule has 0 spiro atoms. The van der Waals surface area contributed by atoms with Crippen LogP contribution in [0.3, 0.4) is 0 Å². The van der Waals surface area contributed by atoms with Crippen LogP contribution in [-0.4, -0.2) is 17.4 Å². The molecule has 0 saturated heterocycles. The standard InChI is InChI=1S/C13H17NO2/c1-13(2,3)12-6-9(8-15)11(7-14-12)16-10-4-5-10/h6-8,10H,4-5H2,1-3H3. The Balaban J connectivity index is 2.30. The molecule has 0 atom stereocenters. The van der Waals surface area contributed by atoms with E-state index < -0.39 is 0 Å². The highest BCUT2D eigenvalue weighted by Gasteiger charge is 2.25. The van der Waals surface area contributed by atoms with E-state index in [0.29, 0.717) is 17.4 Å². The quantitative estimate of drug-likeness (QED) is 0.734. The van der Waals surface area contributed by atoms with E-state index in [9.17, 15) is 4.79 Å². The molecule has 1 aliphatic carbocycles. The van der Waals surface area contributed by atoms with Gasteiger partial charge in [-0.25, -0.2) is 0 Å². The van der Waals surface area contributed by atoms with Gasteiger partial charge in [0.15, 0.2) is 6.29 Å². The van der Waals surface area contributed by atoms with Crippen LogP contribution in [-0.2, 0) is 5.41 Å². The van der Waals surface area contributed by atoms with Crippen molar-refractivity contribution in [3.63, 3.8) is 0 Å². The maximum Gasteiger partial charge on any atom is 0.153 e. The lowest BCUT2D eigenvalue weighted by atomic mass is 9.91. The first-order valence-corrected chi connectivity index (χ1v) is 5.63. The number of ether oxygens (including phenoxy) is 1. The van der Waals surface area contributed by atoms with Gasteiger partial charge in [-0.3, -0.25) is 9.78 Å². The van der Waals surface area contributed by atoms with Gasteiger partial charge in [0.05, 0.1) is 17.9 Å². The molecule has 1 saturated carbocycles. The molecule has 1 fully saturated rings. The van der Waals surface area contributed by atoms with E-state index in [-0.39, 0.29) is 5.41 Å². The van der Waals surface area contributed by atoms with E-state index >= 15 is 0 Å². The molecule has 0 radical (unpaired) electrons. The third-order valence-corrected chi connectivity index (χ3v) is 2.61. The number of hydrogen-bond acceptors (Lipinski definition) is 3. The van der Waals surface area contributed by atoms with Gasteiger partial charge in [0, 0.05) is 11.1 Å². The second-order valence-corrected chi connectivity index (χ2v) is 5.29. The number of carbonyl (C=O) groups excluding carboxylic acids is 1. The number of hydrogen-bond donors (Lipinski definition) is 0. The molecule has 1 heterocycles. The van der Waals surface area contributed by atoms with Crippen molar-refractivity contribution in [2.75, 3.05) is 0 Å². The van der Waals surface area contributed by atoms with Crippen LogP contribution in [0.2, 0.25) is 0 Å². The lowest BCUT2D eigenvalue weighted by Crippen LogP contribution is -2.14. The summed E-state index contributed by atoms with van der Waals surface area (Å²) in [5, 5.41) is 0. The highest BCUT2D eigenvalue weighted by molar-refractivity contribution is 5.79. The summed E-state index contributed by atoms with van der Waals surface area (Å²) in [5.74, 6) is 0.616. The van der Waals surface area contributed by atoms with Crippen molar-refractivity contribution >= 4 is 6.29 Å². The first-order valence-electron chi connectivity index (χ1n) is 5.63. The summed E-state index contributed by atoms with van der Waals surface area (Å²) in [6, 6.07) is 1.82. The largest absolute Gasteiger partial charge is 0.488 e. The Morgan fingerprint density at radius 1 is 1.44 bits per heavy atom. The molecule has 16 heavy (non-hydrogen) atoms. The fourth-order valence-corrected chi connectivity index (χ4v) is 1.42. The lowest BCUT2D eigenvalue weighted by molar-refractivity contribution is 0.111. The summed E-state index contributed by atoms with van der Waals surface area (Å²) < 4.78 is 5.62. The van der Waals surface area contributed by atoms with Crippen molar-refractivity contribution in [1.29, 1.82) is 0 Å². The molecule has 0 bridgehead atoms. The van der Waals surface area contributed by atoms with E-state index in [1.807, 2.05) is 6.07 Å². The Morgan fingerprint density at radius 3 is 2.62 bits per heavy atom. The van der Waals surface area contributed by atoms with Gasteiger partial charge in [-0.2, -0.15) is 0 Å². The van der Waals surface area contributed by atoms with Crippen molar-refractivity contribution in [1.82, 2.24) is 4.98 Å². The molecule has 0 aromatic carbocycles. The third-order valence-electron chi connectivity index (χ3n) is 2.61. The summed E-state index contributed by atoms with van der Waals surface area (Å²) in [6.07, 6.45) is 4.97. The number of aldehydes is 1. The maximum atomic E-state index is 11.0. The molecule has 0 aliphatic heterocycles. The Labute approximate surface area is 95.8 Å². The topological polar surface area (TPSA) is 39.2 Å².